The molecule has 0 spiro atoms. The maximum absolute atomic E-state index is 9.11. The van der Waals surface area contributed by atoms with Crippen LogP contribution in [0.1, 0.15) is 5.56 Å². The first kappa shape index (κ1) is 12.9. The minimum atomic E-state index is 0.659. The number of nitrogens with zero attached hydrogens (tertiary/aromatic N) is 4. The van der Waals surface area contributed by atoms with Crippen molar-refractivity contribution in [2.24, 2.45) is 0 Å². The highest BCUT2D eigenvalue weighted by Gasteiger charge is 2.29. The molecule has 0 saturated carbocycles. The van der Waals surface area contributed by atoms with Gasteiger partial charge in [0.15, 0.2) is 5.82 Å². The molecule has 5 rings (SSSR count). The summed E-state index contributed by atoms with van der Waals surface area (Å²) in [5.41, 5.74) is 6.81. The van der Waals surface area contributed by atoms with Gasteiger partial charge in [0.05, 0.1) is 22.8 Å². The van der Waals surface area contributed by atoms with E-state index in [-0.39, 0.29) is 0 Å². The molecule has 0 amide bonds. The molecule has 0 atom stereocenters. The van der Waals surface area contributed by atoms with Gasteiger partial charge in [-0.15, -0.1) is 0 Å². The van der Waals surface area contributed by atoms with Crippen LogP contribution < -0.4 is 0 Å². The van der Waals surface area contributed by atoms with E-state index in [2.05, 4.69) is 22.1 Å². The first-order valence-electron chi connectivity index (χ1n) is 7.61. The molecule has 1 aliphatic rings. The molecule has 2 aromatic carbocycles. The average molecular weight is 306 g/mol. The number of fused-ring (bicyclic) bond motifs is 1. The Morgan fingerprint density at radius 2 is 1.83 bits per heavy atom. The summed E-state index contributed by atoms with van der Waals surface area (Å²) in [7, 11) is 0. The Morgan fingerprint density at radius 3 is 2.67 bits per heavy atom. The van der Waals surface area contributed by atoms with Crippen molar-refractivity contribution in [2.45, 2.75) is 0 Å². The number of hydrogen-bond acceptors (Lipinski definition) is 4. The van der Waals surface area contributed by atoms with Gasteiger partial charge in [0, 0.05) is 28.9 Å². The van der Waals surface area contributed by atoms with Crippen molar-refractivity contribution in [3.63, 3.8) is 0 Å². The fourth-order valence-corrected chi connectivity index (χ4v) is 3.09. The van der Waals surface area contributed by atoms with Crippen molar-refractivity contribution < 1.29 is 0 Å². The molecule has 4 nitrogen and oxygen atoms in total. The first-order chi connectivity index (χ1) is 11.8. The quantitative estimate of drug-likeness (QED) is 0.490. The van der Waals surface area contributed by atoms with Gasteiger partial charge in [0.2, 0.25) is 0 Å². The molecule has 0 saturated heterocycles. The van der Waals surface area contributed by atoms with Gasteiger partial charge in [-0.05, 0) is 41.5 Å². The van der Waals surface area contributed by atoms with Gasteiger partial charge < -0.3 is 0 Å². The summed E-state index contributed by atoms with van der Waals surface area (Å²) in [5, 5.41) is 10.2. The van der Waals surface area contributed by atoms with Gasteiger partial charge in [0.25, 0.3) is 0 Å². The molecule has 2 aromatic heterocycles. The minimum Gasteiger partial charge on any atom is -0.264 e. The van der Waals surface area contributed by atoms with Crippen LogP contribution in [0.25, 0.3) is 44.7 Å². The van der Waals surface area contributed by atoms with Crippen molar-refractivity contribution in [2.75, 3.05) is 0 Å². The molecule has 0 bridgehead atoms. The van der Waals surface area contributed by atoms with E-state index in [1.54, 1.807) is 12.4 Å². The van der Waals surface area contributed by atoms with Gasteiger partial charge in [-0.3, -0.25) is 4.98 Å². The minimum absolute atomic E-state index is 0.659. The molecule has 110 valence electrons. The van der Waals surface area contributed by atoms with Crippen molar-refractivity contribution >= 4 is 10.9 Å². The summed E-state index contributed by atoms with van der Waals surface area (Å²) in [5.74, 6) is 0.698. The lowest BCUT2D eigenvalue weighted by Crippen LogP contribution is -1.87. The van der Waals surface area contributed by atoms with Crippen LogP contribution in [0.15, 0.2) is 60.9 Å². The van der Waals surface area contributed by atoms with Gasteiger partial charge in [0.1, 0.15) is 0 Å². The Bertz CT molecular complexity index is 1160. The highest BCUT2D eigenvalue weighted by Crippen LogP contribution is 2.51. The molecule has 0 N–H and O–H groups in total. The SMILES string of the molecule is N#Cc1cccc(-c2ccc3nc(-c4cccnc4)nc4c3c2-4)c1. The average Bonchev–Trinajstić information content (AvgIpc) is 3.38. The fraction of sp³-hybridized carbons (Fsp3) is 0. The second kappa shape index (κ2) is 4.71. The van der Waals surface area contributed by atoms with E-state index in [1.807, 2.05) is 42.5 Å². The Labute approximate surface area is 138 Å². The smallest absolute Gasteiger partial charge is 0.161 e. The van der Waals surface area contributed by atoms with Crippen LogP contribution in [0.2, 0.25) is 0 Å². The second-order valence-electron chi connectivity index (χ2n) is 5.71. The van der Waals surface area contributed by atoms with Crippen LogP contribution in [0.3, 0.4) is 0 Å². The number of hydrogen-bond donors (Lipinski definition) is 0. The molecule has 4 heteroatoms. The van der Waals surface area contributed by atoms with E-state index < -0.39 is 0 Å². The summed E-state index contributed by atoms with van der Waals surface area (Å²) in [6.07, 6.45) is 3.51. The van der Waals surface area contributed by atoms with E-state index >= 15 is 0 Å². The third-order valence-corrected chi connectivity index (χ3v) is 4.26. The third kappa shape index (κ3) is 1.82. The van der Waals surface area contributed by atoms with Gasteiger partial charge in [-0.25, -0.2) is 9.97 Å². The maximum atomic E-state index is 9.11. The van der Waals surface area contributed by atoms with Crippen LogP contribution in [0, 0.1) is 11.3 Å². The Morgan fingerprint density at radius 1 is 0.917 bits per heavy atom. The number of rotatable bonds is 2. The normalized spacial score (nSPS) is 11.3. The fourth-order valence-electron chi connectivity index (χ4n) is 3.09. The molecule has 24 heavy (non-hydrogen) atoms. The zero-order valence-corrected chi connectivity index (χ0v) is 12.6. The van der Waals surface area contributed by atoms with Gasteiger partial charge >= 0.3 is 0 Å². The predicted octanol–water partition coefficient (Wildman–Crippen LogP) is 4.21. The van der Waals surface area contributed by atoms with Crippen molar-refractivity contribution in [1.29, 1.82) is 5.26 Å². The Kier molecular flexibility index (Phi) is 2.53. The molecule has 0 fully saturated rings. The molecule has 0 radical (unpaired) electrons. The zero-order valence-electron chi connectivity index (χ0n) is 12.6. The summed E-state index contributed by atoms with van der Waals surface area (Å²) in [6.45, 7) is 0. The topological polar surface area (TPSA) is 62.5 Å². The first-order valence-corrected chi connectivity index (χ1v) is 7.61. The van der Waals surface area contributed by atoms with Crippen LogP contribution in [0.4, 0.5) is 0 Å². The summed E-state index contributed by atoms with van der Waals surface area (Å²) in [4.78, 5) is 13.5. The van der Waals surface area contributed by atoms with E-state index in [1.165, 1.54) is 0 Å². The summed E-state index contributed by atoms with van der Waals surface area (Å²) >= 11 is 0. The standard InChI is InChI=1S/C20H10N4/c21-10-12-3-1-4-13(9-12)15-6-7-16-18-17(15)19(18)24-20(23-16)14-5-2-8-22-11-14/h1-9,11H. The molecule has 1 aliphatic carbocycles. The molecule has 0 unspecified atom stereocenters. The van der Waals surface area contributed by atoms with Crippen molar-refractivity contribution in [3.05, 3.63) is 66.5 Å². The molecular formula is C20H10N4. The van der Waals surface area contributed by atoms with Gasteiger partial charge in [-0.1, -0.05) is 18.2 Å². The third-order valence-electron chi connectivity index (χ3n) is 4.26. The second-order valence-corrected chi connectivity index (χ2v) is 5.71. The summed E-state index contributed by atoms with van der Waals surface area (Å²) < 4.78 is 0. The van der Waals surface area contributed by atoms with E-state index in [4.69, 9.17) is 10.2 Å². The monoisotopic (exact) mass is 306 g/mol. The number of pyridine rings is 1. The van der Waals surface area contributed by atoms with Crippen LogP contribution in [0.5, 0.6) is 0 Å². The molecule has 4 aromatic rings. The van der Waals surface area contributed by atoms with E-state index in [9.17, 15) is 0 Å². The van der Waals surface area contributed by atoms with E-state index in [0.717, 1.165) is 38.9 Å². The predicted molar refractivity (Wildman–Crippen MR) is 91.9 cm³/mol. The molecular weight excluding hydrogens is 296 g/mol. The lowest BCUT2D eigenvalue weighted by atomic mass is 10.0. The number of aromatic nitrogens is 3. The van der Waals surface area contributed by atoms with E-state index in [0.29, 0.717) is 11.4 Å². The molecule has 0 aliphatic heterocycles. The van der Waals surface area contributed by atoms with Crippen molar-refractivity contribution in [3.8, 4) is 39.8 Å². The number of nitriles is 1. The van der Waals surface area contributed by atoms with Crippen molar-refractivity contribution in [1.82, 2.24) is 15.0 Å². The Hall–Kier alpha value is -3.58. The number of benzene rings is 2. The highest BCUT2D eigenvalue weighted by molar-refractivity contribution is 6.22. The van der Waals surface area contributed by atoms with Crippen LogP contribution in [-0.4, -0.2) is 15.0 Å². The van der Waals surface area contributed by atoms with Gasteiger partial charge in [-0.2, -0.15) is 5.26 Å². The highest BCUT2D eigenvalue weighted by atomic mass is 14.9. The van der Waals surface area contributed by atoms with Crippen LogP contribution >= 0.6 is 0 Å². The zero-order chi connectivity index (χ0) is 16.1. The maximum Gasteiger partial charge on any atom is 0.161 e. The molecule has 2 heterocycles. The lowest BCUT2D eigenvalue weighted by molar-refractivity contribution is 1.23. The lowest BCUT2D eigenvalue weighted by Gasteiger charge is -2.01. The van der Waals surface area contributed by atoms with Crippen LogP contribution in [-0.2, 0) is 0 Å². The Balaban J connectivity index is 1.66. The summed E-state index contributed by atoms with van der Waals surface area (Å²) in [6, 6.07) is 17.8. The largest absolute Gasteiger partial charge is 0.264 e.